The molecule has 3 rings (SSSR count). The largest absolute Gasteiger partial charge is 0.493 e. The van der Waals surface area contributed by atoms with Gasteiger partial charge in [0.2, 0.25) is 0 Å². The first-order valence-electron chi connectivity index (χ1n) is 9.69. The molecule has 0 unspecified atom stereocenters. The topological polar surface area (TPSA) is 27.7 Å². The van der Waals surface area contributed by atoms with Crippen molar-refractivity contribution in [2.75, 3.05) is 14.2 Å². The van der Waals surface area contributed by atoms with Gasteiger partial charge in [-0.3, -0.25) is 0 Å². The fourth-order valence-corrected chi connectivity index (χ4v) is 3.91. The first-order chi connectivity index (χ1) is 13.5. The predicted octanol–water partition coefficient (Wildman–Crippen LogP) is 6.05. The maximum atomic E-state index is 6.46. The Kier molecular flexibility index (Phi) is 7.04. The van der Waals surface area contributed by atoms with Crippen molar-refractivity contribution in [1.29, 1.82) is 0 Å². The summed E-state index contributed by atoms with van der Waals surface area (Å²) in [4.78, 5) is 0. The summed E-state index contributed by atoms with van der Waals surface area (Å²) in [6, 6.07) is 12.2. The lowest BCUT2D eigenvalue weighted by Crippen LogP contribution is -2.33. The summed E-state index contributed by atoms with van der Waals surface area (Å²) in [5.41, 5.74) is 2.91. The van der Waals surface area contributed by atoms with Gasteiger partial charge in [0.1, 0.15) is 5.60 Å². The third kappa shape index (κ3) is 5.10. The Balaban J connectivity index is 1.81. The van der Waals surface area contributed by atoms with Gasteiger partial charge in [-0.05, 0) is 62.4 Å². The molecule has 0 aromatic heterocycles. The molecule has 3 nitrogen and oxygen atoms in total. The van der Waals surface area contributed by atoms with E-state index < -0.39 is 5.60 Å². The monoisotopic (exact) mass is 442 g/mol. The van der Waals surface area contributed by atoms with Crippen molar-refractivity contribution in [3.63, 3.8) is 0 Å². The van der Waals surface area contributed by atoms with Crippen LogP contribution in [0, 0.1) is 18.8 Å². The molecule has 1 aliphatic carbocycles. The highest BCUT2D eigenvalue weighted by Gasteiger charge is 2.31. The molecule has 148 valence electrons. The van der Waals surface area contributed by atoms with Crippen molar-refractivity contribution in [2.45, 2.75) is 51.2 Å². The summed E-state index contributed by atoms with van der Waals surface area (Å²) in [5, 5.41) is 0. The quantitative estimate of drug-likeness (QED) is 0.527. The van der Waals surface area contributed by atoms with Crippen LogP contribution in [-0.4, -0.2) is 19.8 Å². The molecule has 0 bridgehead atoms. The van der Waals surface area contributed by atoms with Crippen LogP contribution in [0.25, 0.3) is 0 Å². The third-order valence-corrected chi connectivity index (χ3v) is 5.94. The average molecular weight is 443 g/mol. The van der Waals surface area contributed by atoms with E-state index in [0.717, 1.165) is 41.3 Å². The number of aryl methyl sites for hydroxylation is 1. The fourth-order valence-electron chi connectivity index (χ4n) is 3.47. The number of ether oxygens (including phenoxy) is 3. The minimum absolute atomic E-state index is 0.393. The van der Waals surface area contributed by atoms with E-state index in [2.05, 4.69) is 59.0 Å². The normalized spacial score (nSPS) is 15.4. The van der Waals surface area contributed by atoms with Crippen LogP contribution in [0.1, 0.15) is 48.8 Å². The molecule has 0 saturated heterocycles. The SMILES string of the molecule is COc1cc(Br)c(COC2(C#Cc3ccc(C)cc3)CCCCC2)cc1OC. The number of hydrogen-bond donors (Lipinski definition) is 0. The summed E-state index contributed by atoms with van der Waals surface area (Å²) in [7, 11) is 3.28. The number of halogens is 1. The maximum absolute atomic E-state index is 6.46. The van der Waals surface area contributed by atoms with Crippen molar-refractivity contribution >= 4 is 15.9 Å². The van der Waals surface area contributed by atoms with Crippen LogP contribution < -0.4 is 9.47 Å². The van der Waals surface area contributed by atoms with Gasteiger partial charge >= 0.3 is 0 Å². The van der Waals surface area contributed by atoms with Gasteiger partial charge in [0.15, 0.2) is 11.5 Å². The van der Waals surface area contributed by atoms with Crippen molar-refractivity contribution in [1.82, 2.24) is 0 Å². The van der Waals surface area contributed by atoms with Gasteiger partial charge in [-0.15, -0.1) is 0 Å². The van der Waals surface area contributed by atoms with Crippen LogP contribution in [0.2, 0.25) is 0 Å². The molecule has 0 heterocycles. The smallest absolute Gasteiger partial charge is 0.161 e. The molecule has 1 saturated carbocycles. The molecular formula is C24H27BrO3. The van der Waals surface area contributed by atoms with Crippen LogP contribution in [0.4, 0.5) is 0 Å². The first kappa shape index (κ1) is 20.8. The fraction of sp³-hybridized carbons (Fsp3) is 0.417. The van der Waals surface area contributed by atoms with E-state index >= 15 is 0 Å². The summed E-state index contributed by atoms with van der Waals surface area (Å²) >= 11 is 3.62. The summed E-state index contributed by atoms with van der Waals surface area (Å²) in [6.45, 7) is 2.56. The first-order valence-corrected chi connectivity index (χ1v) is 10.5. The molecule has 0 spiro atoms. The van der Waals surface area contributed by atoms with Gasteiger partial charge in [-0.1, -0.05) is 51.9 Å². The van der Waals surface area contributed by atoms with Gasteiger partial charge in [-0.2, -0.15) is 0 Å². The Morgan fingerprint density at radius 3 is 2.25 bits per heavy atom. The number of methoxy groups -OCH3 is 2. The molecule has 0 amide bonds. The van der Waals surface area contributed by atoms with Crippen LogP contribution in [0.3, 0.4) is 0 Å². The predicted molar refractivity (Wildman–Crippen MR) is 116 cm³/mol. The molecule has 0 aliphatic heterocycles. The molecule has 28 heavy (non-hydrogen) atoms. The zero-order valence-corrected chi connectivity index (χ0v) is 18.4. The lowest BCUT2D eigenvalue weighted by molar-refractivity contribution is -0.0372. The molecule has 0 N–H and O–H groups in total. The molecule has 1 fully saturated rings. The minimum atomic E-state index is -0.393. The van der Waals surface area contributed by atoms with E-state index in [1.165, 1.54) is 12.0 Å². The van der Waals surface area contributed by atoms with Gasteiger partial charge in [-0.25, -0.2) is 0 Å². The third-order valence-electron chi connectivity index (χ3n) is 5.20. The Morgan fingerprint density at radius 2 is 1.61 bits per heavy atom. The Labute approximate surface area is 176 Å². The number of rotatable bonds is 5. The second kappa shape index (κ2) is 9.49. The Bertz CT molecular complexity index is 856. The highest BCUT2D eigenvalue weighted by atomic mass is 79.9. The standard InChI is InChI=1S/C24H27BrO3/c1-18-7-9-19(10-8-18)11-14-24(12-5-4-6-13-24)28-17-20-15-22(26-2)23(27-3)16-21(20)25/h7-10,15-16H,4-6,12-13,17H2,1-3H3. The van der Waals surface area contributed by atoms with E-state index in [4.69, 9.17) is 14.2 Å². The van der Waals surface area contributed by atoms with Gasteiger partial charge in [0, 0.05) is 10.0 Å². The van der Waals surface area contributed by atoms with Gasteiger partial charge < -0.3 is 14.2 Å². The van der Waals surface area contributed by atoms with Crippen molar-refractivity contribution in [3.8, 4) is 23.3 Å². The summed E-state index contributed by atoms with van der Waals surface area (Å²) < 4.78 is 18.2. The zero-order valence-electron chi connectivity index (χ0n) is 16.8. The van der Waals surface area contributed by atoms with Crippen molar-refractivity contribution in [2.24, 2.45) is 0 Å². The van der Waals surface area contributed by atoms with Crippen LogP contribution in [0.5, 0.6) is 11.5 Å². The average Bonchev–Trinajstić information content (AvgIpc) is 2.73. The van der Waals surface area contributed by atoms with Crippen LogP contribution in [-0.2, 0) is 11.3 Å². The van der Waals surface area contributed by atoms with E-state index in [0.29, 0.717) is 18.1 Å². The van der Waals surface area contributed by atoms with E-state index in [-0.39, 0.29) is 0 Å². The molecule has 0 atom stereocenters. The summed E-state index contributed by atoms with van der Waals surface area (Å²) in [6.07, 6.45) is 5.48. The van der Waals surface area contributed by atoms with Gasteiger partial charge in [0.25, 0.3) is 0 Å². The van der Waals surface area contributed by atoms with Crippen LogP contribution >= 0.6 is 15.9 Å². The minimum Gasteiger partial charge on any atom is -0.493 e. The highest BCUT2D eigenvalue weighted by molar-refractivity contribution is 9.10. The summed E-state index contributed by atoms with van der Waals surface area (Å²) in [5.74, 6) is 8.21. The molecule has 1 aliphatic rings. The number of benzene rings is 2. The lowest BCUT2D eigenvalue weighted by Gasteiger charge is -2.33. The van der Waals surface area contributed by atoms with Gasteiger partial charge in [0.05, 0.1) is 20.8 Å². The molecule has 4 heteroatoms. The lowest BCUT2D eigenvalue weighted by atomic mass is 9.85. The van der Waals surface area contributed by atoms with E-state index in [9.17, 15) is 0 Å². The molecule has 2 aromatic rings. The molecular weight excluding hydrogens is 416 g/mol. The van der Waals surface area contributed by atoms with Crippen molar-refractivity contribution in [3.05, 3.63) is 57.6 Å². The van der Waals surface area contributed by atoms with Crippen molar-refractivity contribution < 1.29 is 14.2 Å². The Morgan fingerprint density at radius 1 is 0.964 bits per heavy atom. The second-order valence-electron chi connectivity index (χ2n) is 7.26. The Hall–Kier alpha value is -1.96. The van der Waals surface area contributed by atoms with Crippen LogP contribution in [0.15, 0.2) is 40.9 Å². The number of hydrogen-bond acceptors (Lipinski definition) is 3. The maximum Gasteiger partial charge on any atom is 0.161 e. The van der Waals surface area contributed by atoms with E-state index in [1.54, 1.807) is 14.2 Å². The van der Waals surface area contributed by atoms with E-state index in [1.807, 2.05) is 12.1 Å². The second-order valence-corrected chi connectivity index (χ2v) is 8.11. The molecule has 0 radical (unpaired) electrons. The highest BCUT2D eigenvalue weighted by Crippen LogP contribution is 2.36. The zero-order chi connectivity index (χ0) is 20.0. The molecule has 2 aromatic carbocycles.